The van der Waals surface area contributed by atoms with Crippen LogP contribution < -0.4 is 14.8 Å². The zero-order valence-corrected chi connectivity index (χ0v) is 18.7. The van der Waals surface area contributed by atoms with E-state index in [2.05, 4.69) is 15.5 Å². The lowest BCUT2D eigenvalue weighted by molar-refractivity contribution is -0.134. The van der Waals surface area contributed by atoms with Crippen molar-refractivity contribution in [3.05, 3.63) is 64.1 Å². The van der Waals surface area contributed by atoms with Crippen molar-refractivity contribution in [3.8, 4) is 11.5 Å². The molecule has 32 heavy (non-hydrogen) atoms. The smallest absolute Gasteiger partial charge is 0.286 e. The molecule has 166 valence electrons. The van der Waals surface area contributed by atoms with E-state index in [0.717, 1.165) is 24.2 Å². The van der Waals surface area contributed by atoms with Crippen molar-refractivity contribution in [3.63, 3.8) is 0 Å². The number of benzene rings is 2. The first-order valence-corrected chi connectivity index (χ1v) is 11.1. The number of hydrogen-bond acceptors (Lipinski definition) is 7. The van der Waals surface area contributed by atoms with Crippen molar-refractivity contribution in [1.29, 1.82) is 0 Å². The molecule has 9 heteroatoms. The van der Waals surface area contributed by atoms with Crippen LogP contribution in [0.4, 0.5) is 5.69 Å². The van der Waals surface area contributed by atoms with Crippen LogP contribution in [-0.2, 0) is 4.79 Å². The van der Waals surface area contributed by atoms with Gasteiger partial charge in [-0.3, -0.25) is 9.59 Å². The third-order valence-electron chi connectivity index (χ3n) is 5.22. The Morgan fingerprint density at radius 2 is 1.81 bits per heavy atom. The monoisotopic (exact) mass is 452 g/mol. The van der Waals surface area contributed by atoms with Gasteiger partial charge in [-0.1, -0.05) is 29.0 Å². The summed E-state index contributed by atoms with van der Waals surface area (Å²) in [5.41, 5.74) is 1.81. The lowest BCUT2D eigenvalue weighted by Gasteiger charge is -2.22. The van der Waals surface area contributed by atoms with Gasteiger partial charge in [0.1, 0.15) is 16.5 Å². The standard InChI is InChI=1S/C23H24N4O4S/c1-15-5-7-16(8-6-15)24-21(29)23-26-25-22(32-23)19-4-3-13-27(19)20(28)14-31-18-11-9-17(30-2)10-12-18/h5-12,19H,3-4,13-14H2,1-2H3,(H,24,29). The topological polar surface area (TPSA) is 93.7 Å². The van der Waals surface area contributed by atoms with E-state index >= 15 is 0 Å². The van der Waals surface area contributed by atoms with Crippen LogP contribution in [-0.4, -0.2) is 47.2 Å². The number of nitrogens with zero attached hydrogens (tertiary/aromatic N) is 3. The summed E-state index contributed by atoms with van der Waals surface area (Å²) in [7, 11) is 1.60. The van der Waals surface area contributed by atoms with Gasteiger partial charge >= 0.3 is 0 Å². The van der Waals surface area contributed by atoms with Gasteiger partial charge < -0.3 is 19.7 Å². The largest absolute Gasteiger partial charge is 0.497 e. The maximum Gasteiger partial charge on any atom is 0.286 e. The molecule has 2 aromatic carbocycles. The third-order valence-corrected chi connectivity index (χ3v) is 6.25. The molecule has 1 atom stereocenters. The summed E-state index contributed by atoms with van der Waals surface area (Å²) in [4.78, 5) is 27.1. The Morgan fingerprint density at radius 3 is 2.53 bits per heavy atom. The molecule has 0 bridgehead atoms. The van der Waals surface area contributed by atoms with Gasteiger partial charge in [-0.05, 0) is 56.2 Å². The number of amides is 2. The van der Waals surface area contributed by atoms with Gasteiger partial charge in [-0.15, -0.1) is 10.2 Å². The number of methoxy groups -OCH3 is 1. The number of hydrogen-bond donors (Lipinski definition) is 1. The van der Waals surface area contributed by atoms with Crippen molar-refractivity contribution in [1.82, 2.24) is 15.1 Å². The summed E-state index contributed by atoms with van der Waals surface area (Å²) in [5, 5.41) is 12.0. The summed E-state index contributed by atoms with van der Waals surface area (Å²) >= 11 is 1.22. The van der Waals surface area contributed by atoms with Gasteiger partial charge in [0.2, 0.25) is 5.01 Å². The summed E-state index contributed by atoms with van der Waals surface area (Å²) < 4.78 is 10.8. The summed E-state index contributed by atoms with van der Waals surface area (Å²) in [6, 6.07) is 14.4. The molecular formula is C23H24N4O4S. The number of rotatable bonds is 7. The number of likely N-dealkylation sites (tertiary alicyclic amines) is 1. The number of carbonyl (C=O) groups is 2. The van der Waals surface area contributed by atoms with Crippen molar-refractivity contribution < 1.29 is 19.1 Å². The molecule has 1 aliphatic rings. The van der Waals surface area contributed by atoms with E-state index in [1.54, 1.807) is 36.3 Å². The van der Waals surface area contributed by atoms with Crippen molar-refractivity contribution in [2.75, 3.05) is 25.6 Å². The molecule has 1 fully saturated rings. The Balaban J connectivity index is 1.37. The molecule has 1 unspecified atom stereocenters. The van der Waals surface area contributed by atoms with E-state index in [1.165, 1.54) is 11.3 Å². The van der Waals surface area contributed by atoms with Crippen LogP contribution in [0, 0.1) is 6.92 Å². The van der Waals surface area contributed by atoms with E-state index in [1.807, 2.05) is 31.2 Å². The molecule has 3 aromatic rings. The lowest BCUT2D eigenvalue weighted by Crippen LogP contribution is -2.34. The molecule has 4 rings (SSSR count). The Morgan fingerprint density at radius 1 is 1.09 bits per heavy atom. The fraction of sp³-hybridized carbons (Fsp3) is 0.304. The van der Waals surface area contributed by atoms with Gasteiger partial charge in [0.25, 0.3) is 11.8 Å². The number of anilines is 1. The van der Waals surface area contributed by atoms with Crippen molar-refractivity contribution in [2.45, 2.75) is 25.8 Å². The van der Waals surface area contributed by atoms with E-state index in [4.69, 9.17) is 9.47 Å². The minimum atomic E-state index is -0.309. The second-order valence-corrected chi connectivity index (χ2v) is 8.48. The van der Waals surface area contributed by atoms with Crippen molar-refractivity contribution >= 4 is 28.8 Å². The van der Waals surface area contributed by atoms with Gasteiger partial charge in [0, 0.05) is 12.2 Å². The molecule has 1 aliphatic heterocycles. The highest BCUT2D eigenvalue weighted by Crippen LogP contribution is 2.34. The molecule has 8 nitrogen and oxygen atoms in total. The number of nitrogens with one attached hydrogen (secondary N) is 1. The SMILES string of the molecule is COc1ccc(OCC(=O)N2CCCC2c2nnc(C(=O)Nc3ccc(C)cc3)s2)cc1. The van der Waals surface area contributed by atoms with Crippen molar-refractivity contribution in [2.24, 2.45) is 0 Å². The minimum Gasteiger partial charge on any atom is -0.497 e. The van der Waals surface area contributed by atoms with E-state index in [0.29, 0.717) is 23.0 Å². The second-order valence-electron chi connectivity index (χ2n) is 7.47. The van der Waals surface area contributed by atoms with Crippen LogP contribution in [0.1, 0.15) is 39.3 Å². The fourth-order valence-corrected chi connectivity index (χ4v) is 4.39. The molecular weight excluding hydrogens is 428 g/mol. The van der Waals surface area contributed by atoms with Crippen LogP contribution in [0.3, 0.4) is 0 Å². The first-order chi connectivity index (χ1) is 15.5. The maximum absolute atomic E-state index is 12.8. The normalized spacial score (nSPS) is 15.4. The van der Waals surface area contributed by atoms with Crippen LogP contribution in [0.25, 0.3) is 0 Å². The molecule has 2 amide bonds. The summed E-state index contributed by atoms with van der Waals surface area (Å²) in [6.45, 7) is 2.54. The highest BCUT2D eigenvalue weighted by atomic mass is 32.1. The lowest BCUT2D eigenvalue weighted by atomic mass is 10.2. The highest BCUT2D eigenvalue weighted by molar-refractivity contribution is 7.13. The van der Waals surface area contributed by atoms with Gasteiger partial charge in [0.15, 0.2) is 6.61 Å². The average Bonchev–Trinajstić information content (AvgIpc) is 3.49. The maximum atomic E-state index is 12.8. The first-order valence-electron chi connectivity index (χ1n) is 10.3. The highest BCUT2D eigenvalue weighted by Gasteiger charge is 2.33. The molecule has 1 N–H and O–H groups in total. The van der Waals surface area contributed by atoms with E-state index in [-0.39, 0.29) is 29.5 Å². The van der Waals surface area contributed by atoms with Crippen LogP contribution in [0.15, 0.2) is 48.5 Å². The number of carbonyl (C=O) groups excluding carboxylic acids is 2. The predicted octanol–water partition coefficient (Wildman–Crippen LogP) is 3.85. The van der Waals surface area contributed by atoms with Gasteiger partial charge in [0.05, 0.1) is 13.2 Å². The fourth-order valence-electron chi connectivity index (χ4n) is 3.50. The van der Waals surface area contributed by atoms with E-state index in [9.17, 15) is 9.59 Å². The van der Waals surface area contributed by atoms with Crippen LogP contribution in [0.2, 0.25) is 0 Å². The Bertz CT molecular complexity index is 1080. The van der Waals surface area contributed by atoms with Crippen LogP contribution in [0.5, 0.6) is 11.5 Å². The van der Waals surface area contributed by atoms with Crippen LogP contribution >= 0.6 is 11.3 Å². The molecule has 0 saturated carbocycles. The number of aryl methyl sites for hydroxylation is 1. The average molecular weight is 453 g/mol. The Labute approximate surface area is 190 Å². The van der Waals surface area contributed by atoms with Gasteiger partial charge in [-0.25, -0.2) is 0 Å². The first kappa shape index (κ1) is 21.8. The summed E-state index contributed by atoms with van der Waals surface area (Å²) in [6.07, 6.45) is 1.64. The predicted molar refractivity (Wildman–Crippen MR) is 121 cm³/mol. The molecule has 1 aromatic heterocycles. The summed E-state index contributed by atoms with van der Waals surface area (Å²) in [5.74, 6) is 0.892. The molecule has 0 aliphatic carbocycles. The zero-order chi connectivity index (χ0) is 22.5. The number of aromatic nitrogens is 2. The number of ether oxygens (including phenoxy) is 2. The Kier molecular flexibility index (Phi) is 6.65. The molecule has 0 radical (unpaired) electrons. The van der Waals surface area contributed by atoms with Gasteiger partial charge in [-0.2, -0.15) is 0 Å². The zero-order valence-electron chi connectivity index (χ0n) is 17.9. The molecule has 1 saturated heterocycles. The minimum absolute atomic E-state index is 0.0671. The third kappa shape index (κ3) is 5.05. The molecule has 2 heterocycles. The second kappa shape index (κ2) is 9.78. The quantitative estimate of drug-likeness (QED) is 0.585. The van der Waals surface area contributed by atoms with E-state index < -0.39 is 0 Å². The molecule has 0 spiro atoms. The Hall–Kier alpha value is -3.46.